The van der Waals surface area contributed by atoms with Crippen molar-refractivity contribution in [3.63, 3.8) is 0 Å². The molecule has 0 aliphatic heterocycles. The summed E-state index contributed by atoms with van der Waals surface area (Å²) in [5, 5.41) is 8.30. The molecule has 0 bridgehead atoms. The molecule has 1 aromatic carbocycles. The summed E-state index contributed by atoms with van der Waals surface area (Å²) >= 11 is 0. The summed E-state index contributed by atoms with van der Waals surface area (Å²) < 4.78 is 1.64. The summed E-state index contributed by atoms with van der Waals surface area (Å²) in [6.07, 6.45) is 3.40. The van der Waals surface area contributed by atoms with Crippen LogP contribution in [0.3, 0.4) is 0 Å². The first-order chi connectivity index (χ1) is 13.1. The lowest BCUT2D eigenvalue weighted by Gasteiger charge is -2.07. The van der Waals surface area contributed by atoms with Gasteiger partial charge < -0.3 is 5.32 Å². The van der Waals surface area contributed by atoms with Crippen molar-refractivity contribution in [1.29, 1.82) is 0 Å². The van der Waals surface area contributed by atoms with Crippen molar-refractivity contribution in [2.24, 2.45) is 0 Å². The van der Waals surface area contributed by atoms with E-state index in [0.29, 0.717) is 11.5 Å². The van der Waals surface area contributed by atoms with E-state index in [-0.39, 0.29) is 12.5 Å². The molecule has 27 heavy (non-hydrogen) atoms. The average Bonchev–Trinajstić information content (AvgIpc) is 2.98. The van der Waals surface area contributed by atoms with Crippen molar-refractivity contribution in [2.75, 3.05) is 5.32 Å². The fourth-order valence-electron chi connectivity index (χ4n) is 3.20. The van der Waals surface area contributed by atoms with Gasteiger partial charge in [-0.1, -0.05) is 35.9 Å². The number of nitrogens with one attached hydrogen (secondary N) is 1. The Morgan fingerprint density at radius 2 is 1.93 bits per heavy atom. The van der Waals surface area contributed by atoms with E-state index in [0.717, 1.165) is 22.2 Å². The van der Waals surface area contributed by atoms with Gasteiger partial charge >= 0.3 is 0 Å². The van der Waals surface area contributed by atoms with E-state index in [1.807, 2.05) is 25.1 Å². The van der Waals surface area contributed by atoms with E-state index in [4.69, 9.17) is 0 Å². The third-order valence-electron chi connectivity index (χ3n) is 4.36. The van der Waals surface area contributed by atoms with Gasteiger partial charge in [-0.25, -0.2) is 14.6 Å². The van der Waals surface area contributed by atoms with Crippen molar-refractivity contribution in [3.8, 4) is 11.1 Å². The van der Waals surface area contributed by atoms with Crippen molar-refractivity contribution in [1.82, 2.24) is 19.7 Å². The van der Waals surface area contributed by atoms with Gasteiger partial charge in [0.05, 0.1) is 5.69 Å². The molecule has 0 radical (unpaired) electrons. The molecule has 6 heteroatoms. The molecular formula is C21H19N5O. The minimum absolute atomic E-state index is 0.0746. The molecule has 4 rings (SSSR count). The summed E-state index contributed by atoms with van der Waals surface area (Å²) in [6.45, 7) is 4.09. The second kappa shape index (κ2) is 6.99. The summed E-state index contributed by atoms with van der Waals surface area (Å²) in [7, 11) is 0. The van der Waals surface area contributed by atoms with E-state index in [2.05, 4.69) is 45.5 Å². The highest BCUT2D eigenvalue weighted by atomic mass is 16.2. The van der Waals surface area contributed by atoms with Crippen LogP contribution in [0.15, 0.2) is 60.9 Å². The first kappa shape index (κ1) is 16.9. The van der Waals surface area contributed by atoms with Crippen LogP contribution >= 0.6 is 0 Å². The second-order valence-corrected chi connectivity index (χ2v) is 6.43. The Labute approximate surface area is 156 Å². The molecule has 0 atom stereocenters. The van der Waals surface area contributed by atoms with Crippen LogP contribution in [-0.2, 0) is 11.3 Å². The fraction of sp³-hybridized carbons (Fsp3) is 0.143. The quantitative estimate of drug-likeness (QED) is 0.604. The first-order valence-corrected chi connectivity index (χ1v) is 8.72. The maximum atomic E-state index is 12.4. The molecule has 3 heterocycles. The number of hydrogen-bond acceptors (Lipinski definition) is 4. The summed E-state index contributed by atoms with van der Waals surface area (Å²) in [5.41, 5.74) is 4.92. The van der Waals surface area contributed by atoms with Crippen LogP contribution < -0.4 is 5.32 Å². The largest absolute Gasteiger partial charge is 0.309 e. The third-order valence-corrected chi connectivity index (χ3v) is 4.36. The van der Waals surface area contributed by atoms with E-state index >= 15 is 0 Å². The zero-order valence-electron chi connectivity index (χ0n) is 15.2. The van der Waals surface area contributed by atoms with Gasteiger partial charge in [0.1, 0.15) is 12.4 Å². The number of aromatic nitrogens is 4. The topological polar surface area (TPSA) is 72.7 Å². The number of hydrogen-bond donors (Lipinski definition) is 1. The van der Waals surface area contributed by atoms with Crippen molar-refractivity contribution in [2.45, 2.75) is 20.4 Å². The predicted octanol–water partition coefficient (Wildman–Crippen LogP) is 3.75. The van der Waals surface area contributed by atoms with Crippen molar-refractivity contribution in [3.05, 3.63) is 72.2 Å². The van der Waals surface area contributed by atoms with Gasteiger partial charge in [0.25, 0.3) is 0 Å². The van der Waals surface area contributed by atoms with Crippen LogP contribution in [0, 0.1) is 13.8 Å². The van der Waals surface area contributed by atoms with E-state index in [1.165, 1.54) is 5.56 Å². The number of anilines is 1. The number of rotatable bonds is 4. The number of pyridine rings is 2. The molecule has 4 aromatic rings. The van der Waals surface area contributed by atoms with Crippen LogP contribution in [-0.4, -0.2) is 25.7 Å². The first-order valence-electron chi connectivity index (χ1n) is 8.72. The molecule has 3 aromatic heterocycles. The minimum atomic E-state index is -0.194. The normalized spacial score (nSPS) is 10.9. The Kier molecular flexibility index (Phi) is 4.38. The summed E-state index contributed by atoms with van der Waals surface area (Å²) in [5.74, 6) is 0.324. The van der Waals surface area contributed by atoms with Gasteiger partial charge in [-0.3, -0.25) is 4.79 Å². The fourth-order valence-corrected chi connectivity index (χ4v) is 3.20. The van der Waals surface area contributed by atoms with Crippen LogP contribution in [0.25, 0.3) is 22.2 Å². The molecule has 0 unspecified atom stereocenters. The second-order valence-electron chi connectivity index (χ2n) is 6.43. The van der Waals surface area contributed by atoms with Crippen molar-refractivity contribution < 1.29 is 4.79 Å². The lowest BCUT2D eigenvalue weighted by Crippen LogP contribution is -2.20. The number of carbonyl (C=O) groups is 1. The lowest BCUT2D eigenvalue weighted by atomic mass is 10.0. The number of nitrogens with zero attached hydrogens (tertiary/aromatic N) is 4. The number of benzene rings is 1. The molecule has 0 aliphatic carbocycles. The van der Waals surface area contributed by atoms with Gasteiger partial charge in [-0.05, 0) is 43.2 Å². The van der Waals surface area contributed by atoms with Gasteiger partial charge in [0.15, 0.2) is 5.65 Å². The molecule has 1 amide bonds. The van der Waals surface area contributed by atoms with Crippen LogP contribution in [0.2, 0.25) is 0 Å². The highest BCUT2D eigenvalue weighted by molar-refractivity contribution is 5.96. The van der Waals surface area contributed by atoms with Gasteiger partial charge in [0, 0.05) is 17.8 Å². The summed E-state index contributed by atoms with van der Waals surface area (Å²) in [4.78, 5) is 21.0. The Morgan fingerprint density at radius 1 is 1.04 bits per heavy atom. The van der Waals surface area contributed by atoms with E-state index in [1.54, 1.807) is 29.2 Å². The van der Waals surface area contributed by atoms with Crippen LogP contribution in [0.1, 0.15) is 11.3 Å². The van der Waals surface area contributed by atoms with Crippen LogP contribution in [0.4, 0.5) is 5.82 Å². The maximum absolute atomic E-state index is 12.4. The SMILES string of the molecule is Cc1cccc(-c2ccnc3c2c(C)nn3CC(=O)Nc2ccccn2)c1. The Morgan fingerprint density at radius 3 is 2.70 bits per heavy atom. The van der Waals surface area contributed by atoms with E-state index < -0.39 is 0 Å². The highest BCUT2D eigenvalue weighted by Gasteiger charge is 2.16. The van der Waals surface area contributed by atoms with Gasteiger partial charge in [-0.15, -0.1) is 0 Å². The summed E-state index contributed by atoms with van der Waals surface area (Å²) in [6, 6.07) is 15.7. The maximum Gasteiger partial charge on any atom is 0.247 e. The number of aryl methyl sites for hydroxylation is 2. The average molecular weight is 357 g/mol. The molecule has 134 valence electrons. The van der Waals surface area contributed by atoms with Crippen LogP contribution in [0.5, 0.6) is 0 Å². The molecule has 0 saturated carbocycles. The molecule has 0 aliphatic rings. The number of carbonyl (C=O) groups excluding carboxylic acids is 1. The zero-order chi connectivity index (χ0) is 18.8. The molecular weight excluding hydrogens is 338 g/mol. The van der Waals surface area contributed by atoms with Gasteiger partial charge in [-0.2, -0.15) is 5.10 Å². The van der Waals surface area contributed by atoms with Gasteiger partial charge in [0.2, 0.25) is 5.91 Å². The van der Waals surface area contributed by atoms with E-state index in [9.17, 15) is 4.79 Å². The Hall–Kier alpha value is -3.54. The standard InChI is InChI=1S/C21H19N5O/c1-14-6-5-7-16(12-14)17-9-11-23-21-20(17)15(2)25-26(21)13-19(27)24-18-8-3-4-10-22-18/h3-12H,13H2,1-2H3,(H,22,24,27). The van der Waals surface area contributed by atoms with Crippen molar-refractivity contribution >= 4 is 22.8 Å². The Balaban J connectivity index is 1.69. The third kappa shape index (κ3) is 3.42. The smallest absolute Gasteiger partial charge is 0.247 e. The number of amides is 1. The molecule has 0 spiro atoms. The molecule has 0 saturated heterocycles. The molecule has 0 fully saturated rings. The Bertz CT molecular complexity index is 1120. The predicted molar refractivity (Wildman–Crippen MR) is 105 cm³/mol. The highest BCUT2D eigenvalue weighted by Crippen LogP contribution is 2.30. The number of fused-ring (bicyclic) bond motifs is 1. The monoisotopic (exact) mass is 357 g/mol. The molecule has 1 N–H and O–H groups in total. The zero-order valence-corrected chi connectivity index (χ0v) is 15.2. The lowest BCUT2D eigenvalue weighted by molar-refractivity contribution is -0.116. The minimum Gasteiger partial charge on any atom is -0.309 e. The molecule has 6 nitrogen and oxygen atoms in total.